The minimum Gasteiger partial charge on any atom is -0.497 e. The summed E-state index contributed by atoms with van der Waals surface area (Å²) in [5.41, 5.74) is 2.42. The van der Waals surface area contributed by atoms with Crippen LogP contribution in [0.5, 0.6) is 5.75 Å². The summed E-state index contributed by atoms with van der Waals surface area (Å²) in [5, 5.41) is 6.66. The quantitative estimate of drug-likeness (QED) is 0.371. The van der Waals surface area contributed by atoms with Crippen molar-refractivity contribution in [3.05, 3.63) is 53.7 Å². The van der Waals surface area contributed by atoms with Crippen LogP contribution in [0.2, 0.25) is 0 Å². The van der Waals surface area contributed by atoms with Crippen LogP contribution in [0, 0.1) is 0 Å². The van der Waals surface area contributed by atoms with Crippen LogP contribution >= 0.6 is 24.0 Å². The van der Waals surface area contributed by atoms with E-state index in [4.69, 9.17) is 4.74 Å². The van der Waals surface area contributed by atoms with Gasteiger partial charge in [0.1, 0.15) is 11.6 Å². The number of hydrogen-bond donors (Lipinski definition) is 2. The highest BCUT2D eigenvalue weighted by Gasteiger charge is 2.02. The fourth-order valence-corrected chi connectivity index (χ4v) is 2.34. The lowest BCUT2D eigenvalue weighted by molar-refractivity contribution is 0.414. The highest BCUT2D eigenvalue weighted by molar-refractivity contribution is 14.0. The molecule has 0 spiro atoms. The van der Waals surface area contributed by atoms with Crippen molar-refractivity contribution in [1.82, 2.24) is 15.6 Å². The molecule has 0 saturated heterocycles. The molecular formula is C19H28IN5O. The summed E-state index contributed by atoms with van der Waals surface area (Å²) in [6.07, 6.45) is 2.75. The van der Waals surface area contributed by atoms with Crippen LogP contribution in [-0.4, -0.2) is 45.7 Å². The lowest BCUT2D eigenvalue weighted by atomic mass is 10.1. The van der Waals surface area contributed by atoms with Crippen molar-refractivity contribution in [2.24, 2.45) is 4.99 Å². The third-order valence-corrected chi connectivity index (χ3v) is 3.82. The minimum absolute atomic E-state index is 0. The minimum atomic E-state index is 0. The van der Waals surface area contributed by atoms with Crippen molar-refractivity contribution in [2.75, 3.05) is 39.7 Å². The van der Waals surface area contributed by atoms with Gasteiger partial charge in [-0.25, -0.2) is 4.98 Å². The molecule has 0 aliphatic heterocycles. The number of benzene rings is 1. The van der Waals surface area contributed by atoms with Gasteiger partial charge in [0.25, 0.3) is 0 Å². The zero-order valence-electron chi connectivity index (χ0n) is 15.8. The number of anilines is 1. The molecule has 1 aromatic heterocycles. The Balaban J connectivity index is 0.00000338. The molecule has 2 aromatic rings. The summed E-state index contributed by atoms with van der Waals surface area (Å²) in [6, 6.07) is 12.2. The van der Waals surface area contributed by atoms with Gasteiger partial charge < -0.3 is 20.3 Å². The van der Waals surface area contributed by atoms with Crippen molar-refractivity contribution in [3.8, 4) is 5.75 Å². The Kier molecular flexibility index (Phi) is 9.79. The molecule has 0 aliphatic carbocycles. The largest absolute Gasteiger partial charge is 0.497 e. The van der Waals surface area contributed by atoms with E-state index in [-0.39, 0.29) is 24.0 Å². The highest BCUT2D eigenvalue weighted by atomic mass is 127. The maximum Gasteiger partial charge on any atom is 0.191 e. The molecule has 7 heteroatoms. The fourth-order valence-electron chi connectivity index (χ4n) is 2.34. The Morgan fingerprint density at radius 3 is 2.46 bits per heavy atom. The molecule has 0 unspecified atom stereocenters. The van der Waals surface area contributed by atoms with Crippen LogP contribution in [0.25, 0.3) is 0 Å². The van der Waals surface area contributed by atoms with Crippen LogP contribution in [0.3, 0.4) is 0 Å². The predicted octanol–water partition coefficient (Wildman–Crippen LogP) is 2.68. The normalized spacial score (nSPS) is 10.7. The van der Waals surface area contributed by atoms with Crippen LogP contribution in [-0.2, 0) is 13.0 Å². The maximum absolute atomic E-state index is 5.17. The Hall–Kier alpha value is -2.03. The summed E-state index contributed by atoms with van der Waals surface area (Å²) in [6.45, 7) is 1.51. The number of nitrogens with one attached hydrogen (secondary N) is 2. The number of methoxy groups -OCH3 is 1. The van der Waals surface area contributed by atoms with Gasteiger partial charge in [-0.15, -0.1) is 24.0 Å². The van der Waals surface area contributed by atoms with Crippen LogP contribution < -0.4 is 20.3 Å². The molecule has 0 bridgehead atoms. The molecule has 2 rings (SSSR count). The number of guanidine groups is 1. The molecule has 6 nitrogen and oxygen atoms in total. The number of aliphatic imine (C=N–C) groups is 1. The lowest BCUT2D eigenvalue weighted by Crippen LogP contribution is -2.37. The van der Waals surface area contributed by atoms with E-state index in [1.165, 1.54) is 5.56 Å². The number of nitrogens with zero attached hydrogens (tertiary/aromatic N) is 3. The second-order valence-electron chi connectivity index (χ2n) is 5.87. The maximum atomic E-state index is 5.17. The second-order valence-corrected chi connectivity index (χ2v) is 5.87. The Morgan fingerprint density at radius 1 is 1.12 bits per heavy atom. The molecule has 26 heavy (non-hydrogen) atoms. The molecule has 1 heterocycles. The standard InChI is InChI=1S/C19H27N5O.HI/c1-20-19(22-12-9-15-5-7-17(25-4)8-6-15)23-14-16-10-11-21-18(13-16)24(2)3;/h5-8,10-11,13H,9,12,14H2,1-4H3,(H2,20,22,23);1H. The van der Waals surface area contributed by atoms with Crippen molar-refractivity contribution in [3.63, 3.8) is 0 Å². The van der Waals surface area contributed by atoms with Crippen molar-refractivity contribution in [1.29, 1.82) is 0 Å². The highest BCUT2D eigenvalue weighted by Crippen LogP contribution is 2.11. The summed E-state index contributed by atoms with van der Waals surface area (Å²) in [4.78, 5) is 10.6. The van der Waals surface area contributed by atoms with Gasteiger partial charge in [-0.1, -0.05) is 12.1 Å². The molecule has 0 amide bonds. The summed E-state index contributed by atoms with van der Waals surface area (Å²) in [7, 11) is 7.43. The number of hydrogen-bond acceptors (Lipinski definition) is 4. The third kappa shape index (κ3) is 7.07. The molecule has 0 aliphatic rings. The number of ether oxygens (including phenoxy) is 1. The summed E-state index contributed by atoms with van der Waals surface area (Å²) < 4.78 is 5.17. The van der Waals surface area contributed by atoms with E-state index in [9.17, 15) is 0 Å². The van der Waals surface area contributed by atoms with Gasteiger partial charge in [0.2, 0.25) is 0 Å². The van der Waals surface area contributed by atoms with Crippen LogP contribution in [0.1, 0.15) is 11.1 Å². The number of rotatable bonds is 7. The lowest BCUT2D eigenvalue weighted by Gasteiger charge is -2.14. The van der Waals surface area contributed by atoms with Gasteiger partial charge in [-0.3, -0.25) is 4.99 Å². The van der Waals surface area contributed by atoms with Crippen LogP contribution in [0.15, 0.2) is 47.6 Å². The molecule has 0 radical (unpaired) electrons. The first-order valence-electron chi connectivity index (χ1n) is 8.32. The van der Waals surface area contributed by atoms with E-state index < -0.39 is 0 Å². The number of halogens is 1. The first-order valence-corrected chi connectivity index (χ1v) is 8.32. The molecule has 2 N–H and O–H groups in total. The third-order valence-electron chi connectivity index (χ3n) is 3.82. The molecule has 0 saturated carbocycles. The first-order chi connectivity index (χ1) is 12.1. The van der Waals surface area contributed by atoms with Gasteiger partial charge in [0, 0.05) is 40.4 Å². The predicted molar refractivity (Wildman–Crippen MR) is 119 cm³/mol. The monoisotopic (exact) mass is 469 g/mol. The second kappa shape index (κ2) is 11.6. The Labute approximate surface area is 173 Å². The van der Waals surface area contributed by atoms with Crippen molar-refractivity contribution < 1.29 is 4.74 Å². The smallest absolute Gasteiger partial charge is 0.191 e. The molecule has 142 valence electrons. The molecule has 1 aromatic carbocycles. The van der Waals surface area contributed by atoms with Gasteiger partial charge >= 0.3 is 0 Å². The van der Waals surface area contributed by atoms with Gasteiger partial charge in [0.05, 0.1) is 7.11 Å². The van der Waals surface area contributed by atoms with Crippen molar-refractivity contribution in [2.45, 2.75) is 13.0 Å². The van der Waals surface area contributed by atoms with Gasteiger partial charge in [-0.2, -0.15) is 0 Å². The average Bonchev–Trinajstić information content (AvgIpc) is 2.65. The first kappa shape index (κ1) is 22.0. The number of pyridine rings is 1. The van der Waals surface area contributed by atoms with E-state index in [1.807, 2.05) is 43.4 Å². The van der Waals surface area contributed by atoms with E-state index >= 15 is 0 Å². The summed E-state index contributed by atoms with van der Waals surface area (Å²) >= 11 is 0. The van der Waals surface area contributed by atoms with Gasteiger partial charge in [0.15, 0.2) is 5.96 Å². The zero-order valence-corrected chi connectivity index (χ0v) is 18.2. The molecule has 0 atom stereocenters. The van der Waals surface area contributed by atoms with E-state index in [0.717, 1.165) is 36.1 Å². The zero-order chi connectivity index (χ0) is 18.1. The van der Waals surface area contributed by atoms with Crippen LogP contribution in [0.4, 0.5) is 5.82 Å². The SMILES string of the molecule is CN=C(NCCc1ccc(OC)cc1)NCc1ccnc(N(C)C)c1.I. The van der Waals surface area contributed by atoms with E-state index in [0.29, 0.717) is 6.54 Å². The van der Waals surface area contributed by atoms with Gasteiger partial charge in [-0.05, 0) is 41.8 Å². The van der Waals surface area contributed by atoms with E-state index in [2.05, 4.69) is 38.8 Å². The average molecular weight is 469 g/mol. The topological polar surface area (TPSA) is 61.8 Å². The van der Waals surface area contributed by atoms with Crippen molar-refractivity contribution >= 4 is 35.8 Å². The number of aromatic nitrogens is 1. The van der Waals surface area contributed by atoms with E-state index in [1.54, 1.807) is 14.2 Å². The molecular weight excluding hydrogens is 441 g/mol. The molecule has 0 fully saturated rings. The summed E-state index contributed by atoms with van der Waals surface area (Å²) in [5.74, 6) is 2.61. The Morgan fingerprint density at radius 2 is 1.85 bits per heavy atom. The fraction of sp³-hybridized carbons (Fsp3) is 0.368. The Bertz CT molecular complexity index is 689.